The van der Waals surface area contributed by atoms with Gasteiger partial charge in [0.1, 0.15) is 0 Å². The summed E-state index contributed by atoms with van der Waals surface area (Å²) in [5.41, 5.74) is 3.11. The number of benzene rings is 1. The van der Waals surface area contributed by atoms with Crippen molar-refractivity contribution in [2.75, 3.05) is 0 Å². The molecule has 0 nitrogen and oxygen atoms in total. The van der Waals surface area contributed by atoms with Gasteiger partial charge in [-0.05, 0) is 35.8 Å². The van der Waals surface area contributed by atoms with Crippen LogP contribution in [0.2, 0.25) is 0 Å². The Morgan fingerprint density at radius 1 is 0.833 bits per heavy atom. The summed E-state index contributed by atoms with van der Waals surface area (Å²) in [6.07, 6.45) is 8.20. The van der Waals surface area contributed by atoms with E-state index in [0.29, 0.717) is 5.92 Å². The SMILES string of the molecule is CC(C)CCCCCCc1ccccc1C(C)C. The van der Waals surface area contributed by atoms with E-state index in [9.17, 15) is 0 Å². The molecular formula is C18H30. The van der Waals surface area contributed by atoms with E-state index in [-0.39, 0.29) is 0 Å². The average Bonchev–Trinajstić information content (AvgIpc) is 2.33. The zero-order chi connectivity index (χ0) is 13.4. The van der Waals surface area contributed by atoms with E-state index in [2.05, 4.69) is 52.0 Å². The summed E-state index contributed by atoms with van der Waals surface area (Å²) < 4.78 is 0. The average molecular weight is 246 g/mol. The Morgan fingerprint density at radius 3 is 2.17 bits per heavy atom. The van der Waals surface area contributed by atoms with Crippen LogP contribution in [0.5, 0.6) is 0 Å². The molecule has 0 atom stereocenters. The summed E-state index contributed by atoms with van der Waals surface area (Å²) in [6, 6.07) is 8.95. The molecule has 0 aromatic heterocycles. The van der Waals surface area contributed by atoms with Crippen LogP contribution in [0.15, 0.2) is 24.3 Å². The number of rotatable bonds is 8. The van der Waals surface area contributed by atoms with Crippen molar-refractivity contribution >= 4 is 0 Å². The lowest BCUT2D eigenvalue weighted by Gasteiger charge is -2.12. The third-order valence-corrected chi connectivity index (χ3v) is 3.65. The zero-order valence-electron chi connectivity index (χ0n) is 12.7. The van der Waals surface area contributed by atoms with Gasteiger partial charge < -0.3 is 0 Å². The normalized spacial score (nSPS) is 11.4. The lowest BCUT2D eigenvalue weighted by Crippen LogP contribution is -1.96. The second kappa shape index (κ2) is 8.34. The van der Waals surface area contributed by atoms with E-state index >= 15 is 0 Å². The van der Waals surface area contributed by atoms with Crippen molar-refractivity contribution in [2.24, 2.45) is 5.92 Å². The third-order valence-electron chi connectivity index (χ3n) is 3.65. The number of hydrogen-bond donors (Lipinski definition) is 0. The van der Waals surface area contributed by atoms with Crippen LogP contribution in [-0.2, 0) is 6.42 Å². The minimum atomic E-state index is 0.655. The van der Waals surface area contributed by atoms with Crippen LogP contribution in [0.3, 0.4) is 0 Å². The lowest BCUT2D eigenvalue weighted by atomic mass is 9.93. The van der Waals surface area contributed by atoms with Crippen molar-refractivity contribution in [3.8, 4) is 0 Å². The fraction of sp³-hybridized carbons (Fsp3) is 0.667. The molecule has 1 aromatic carbocycles. The summed E-state index contributed by atoms with van der Waals surface area (Å²) in [4.78, 5) is 0. The quantitative estimate of drug-likeness (QED) is 0.496. The Balaban J connectivity index is 2.27. The van der Waals surface area contributed by atoms with Gasteiger partial charge in [-0.2, -0.15) is 0 Å². The smallest absolute Gasteiger partial charge is 0.0216 e. The van der Waals surface area contributed by atoms with Crippen LogP contribution in [0, 0.1) is 5.92 Å². The number of hydrogen-bond acceptors (Lipinski definition) is 0. The highest BCUT2D eigenvalue weighted by Gasteiger charge is 2.05. The summed E-state index contributed by atoms with van der Waals surface area (Å²) >= 11 is 0. The highest BCUT2D eigenvalue weighted by Crippen LogP contribution is 2.21. The molecule has 18 heavy (non-hydrogen) atoms. The molecule has 0 radical (unpaired) electrons. The van der Waals surface area contributed by atoms with Crippen LogP contribution in [0.25, 0.3) is 0 Å². The Hall–Kier alpha value is -0.780. The van der Waals surface area contributed by atoms with E-state index < -0.39 is 0 Å². The van der Waals surface area contributed by atoms with E-state index in [0.717, 1.165) is 5.92 Å². The molecule has 0 saturated heterocycles. The van der Waals surface area contributed by atoms with Gasteiger partial charge in [-0.3, -0.25) is 0 Å². The van der Waals surface area contributed by atoms with Crippen molar-refractivity contribution in [2.45, 2.75) is 72.1 Å². The van der Waals surface area contributed by atoms with Gasteiger partial charge in [-0.1, -0.05) is 77.6 Å². The van der Waals surface area contributed by atoms with Crippen molar-refractivity contribution in [3.05, 3.63) is 35.4 Å². The molecule has 0 saturated carbocycles. The van der Waals surface area contributed by atoms with Crippen molar-refractivity contribution in [1.82, 2.24) is 0 Å². The molecule has 0 aliphatic carbocycles. The molecule has 0 amide bonds. The van der Waals surface area contributed by atoms with E-state index in [4.69, 9.17) is 0 Å². The highest BCUT2D eigenvalue weighted by molar-refractivity contribution is 5.29. The fourth-order valence-corrected chi connectivity index (χ4v) is 2.55. The zero-order valence-corrected chi connectivity index (χ0v) is 12.7. The maximum absolute atomic E-state index is 2.32. The summed E-state index contributed by atoms with van der Waals surface area (Å²) in [5, 5.41) is 0. The molecule has 0 heterocycles. The third kappa shape index (κ3) is 5.71. The van der Waals surface area contributed by atoms with Crippen molar-refractivity contribution in [1.29, 1.82) is 0 Å². The minimum absolute atomic E-state index is 0.655. The van der Waals surface area contributed by atoms with E-state index in [1.807, 2.05) is 0 Å². The summed E-state index contributed by atoms with van der Waals surface area (Å²) in [7, 11) is 0. The van der Waals surface area contributed by atoms with E-state index in [1.165, 1.54) is 38.5 Å². The molecule has 1 aromatic rings. The lowest BCUT2D eigenvalue weighted by molar-refractivity contribution is 0.519. The first-order chi connectivity index (χ1) is 8.61. The first-order valence-corrected chi connectivity index (χ1v) is 7.69. The van der Waals surface area contributed by atoms with Gasteiger partial charge >= 0.3 is 0 Å². The molecule has 1 rings (SSSR count). The Morgan fingerprint density at radius 2 is 1.50 bits per heavy atom. The van der Waals surface area contributed by atoms with Crippen molar-refractivity contribution in [3.63, 3.8) is 0 Å². The molecule has 102 valence electrons. The van der Waals surface area contributed by atoms with Gasteiger partial charge in [0.2, 0.25) is 0 Å². The standard InChI is InChI=1S/C18H30/c1-15(2)11-7-5-6-8-12-17-13-9-10-14-18(17)16(3)4/h9-10,13-16H,5-8,11-12H2,1-4H3. The molecule has 0 aliphatic rings. The van der Waals surface area contributed by atoms with Gasteiger partial charge in [0.05, 0.1) is 0 Å². The molecular weight excluding hydrogens is 216 g/mol. The minimum Gasteiger partial charge on any atom is -0.0628 e. The van der Waals surface area contributed by atoms with Crippen LogP contribution in [-0.4, -0.2) is 0 Å². The Kier molecular flexibility index (Phi) is 7.08. The molecule has 0 aliphatic heterocycles. The first kappa shape index (κ1) is 15.3. The van der Waals surface area contributed by atoms with Crippen LogP contribution in [0.4, 0.5) is 0 Å². The molecule has 0 fully saturated rings. The molecule has 0 N–H and O–H groups in total. The Bertz CT molecular complexity index is 323. The van der Waals surface area contributed by atoms with Gasteiger partial charge in [-0.25, -0.2) is 0 Å². The van der Waals surface area contributed by atoms with E-state index in [1.54, 1.807) is 11.1 Å². The number of unbranched alkanes of at least 4 members (excludes halogenated alkanes) is 3. The van der Waals surface area contributed by atoms with Crippen LogP contribution in [0.1, 0.15) is 76.8 Å². The predicted molar refractivity (Wildman–Crippen MR) is 82.2 cm³/mol. The van der Waals surface area contributed by atoms with Crippen LogP contribution >= 0.6 is 0 Å². The fourth-order valence-electron chi connectivity index (χ4n) is 2.55. The van der Waals surface area contributed by atoms with Gasteiger partial charge in [0, 0.05) is 0 Å². The molecule has 0 bridgehead atoms. The second-order valence-corrected chi connectivity index (χ2v) is 6.20. The molecule has 0 heteroatoms. The Labute approximate surface area is 114 Å². The van der Waals surface area contributed by atoms with Gasteiger partial charge in [-0.15, -0.1) is 0 Å². The monoisotopic (exact) mass is 246 g/mol. The maximum Gasteiger partial charge on any atom is -0.0216 e. The molecule has 0 spiro atoms. The molecule has 0 unspecified atom stereocenters. The van der Waals surface area contributed by atoms with Gasteiger partial charge in [0.25, 0.3) is 0 Å². The van der Waals surface area contributed by atoms with Crippen molar-refractivity contribution < 1.29 is 0 Å². The second-order valence-electron chi connectivity index (χ2n) is 6.20. The van der Waals surface area contributed by atoms with Gasteiger partial charge in [0.15, 0.2) is 0 Å². The largest absolute Gasteiger partial charge is 0.0628 e. The topological polar surface area (TPSA) is 0 Å². The predicted octanol–water partition coefficient (Wildman–Crippen LogP) is 5.96. The highest BCUT2D eigenvalue weighted by atomic mass is 14.1. The van der Waals surface area contributed by atoms with Crippen LogP contribution < -0.4 is 0 Å². The first-order valence-electron chi connectivity index (χ1n) is 7.69. The summed E-state index contributed by atoms with van der Waals surface area (Å²) in [5.74, 6) is 1.52. The maximum atomic E-state index is 2.32. The number of aryl methyl sites for hydroxylation is 1. The summed E-state index contributed by atoms with van der Waals surface area (Å²) in [6.45, 7) is 9.22.